The number of pyridine rings is 1. The molecule has 3 aromatic heterocycles. The molecule has 1 fully saturated rings. The van der Waals surface area contributed by atoms with Crippen molar-refractivity contribution in [3.8, 4) is 17.0 Å². The van der Waals surface area contributed by atoms with Crippen molar-refractivity contribution in [2.45, 2.75) is 45.6 Å². The van der Waals surface area contributed by atoms with E-state index in [0.29, 0.717) is 34.1 Å². The molecule has 0 radical (unpaired) electrons. The number of rotatable bonds is 3. The lowest BCUT2D eigenvalue weighted by Gasteiger charge is -2.30. The van der Waals surface area contributed by atoms with Gasteiger partial charge in [0.05, 0.1) is 23.7 Å². The Kier molecular flexibility index (Phi) is 4.53. The van der Waals surface area contributed by atoms with Gasteiger partial charge in [0.2, 0.25) is 0 Å². The number of ether oxygens (including phenoxy) is 1. The quantitative estimate of drug-likeness (QED) is 0.513. The Hall–Kier alpha value is -3.22. The van der Waals surface area contributed by atoms with E-state index < -0.39 is 0 Å². The van der Waals surface area contributed by atoms with Crippen LogP contribution in [0.2, 0.25) is 0 Å². The first-order chi connectivity index (χ1) is 14.6. The molecule has 0 saturated heterocycles. The van der Waals surface area contributed by atoms with Gasteiger partial charge in [0.15, 0.2) is 0 Å². The zero-order valence-corrected chi connectivity index (χ0v) is 17.5. The van der Waals surface area contributed by atoms with E-state index in [9.17, 15) is 4.79 Å². The van der Waals surface area contributed by atoms with Gasteiger partial charge in [-0.2, -0.15) is 9.50 Å². The first-order valence-corrected chi connectivity index (χ1v) is 10.5. The Bertz CT molecular complexity index is 1310. The Morgan fingerprint density at radius 1 is 1.13 bits per heavy atom. The van der Waals surface area contributed by atoms with Crippen LogP contribution in [0.25, 0.3) is 27.9 Å². The normalized spacial score (nSPS) is 19.4. The van der Waals surface area contributed by atoms with Crippen molar-refractivity contribution in [2.24, 2.45) is 5.92 Å². The summed E-state index contributed by atoms with van der Waals surface area (Å²) < 4.78 is 9.02. The average molecular weight is 403 g/mol. The molecule has 154 valence electrons. The molecule has 0 aliphatic heterocycles. The van der Waals surface area contributed by atoms with Gasteiger partial charge in [0, 0.05) is 17.8 Å². The van der Waals surface area contributed by atoms with Crippen LogP contribution in [-0.2, 0) is 0 Å². The lowest BCUT2D eigenvalue weighted by atomic mass is 9.85. The summed E-state index contributed by atoms with van der Waals surface area (Å²) in [4.78, 5) is 22.9. The topological polar surface area (TPSA) is 74.3 Å². The van der Waals surface area contributed by atoms with Crippen LogP contribution < -0.4 is 10.3 Å². The molecule has 30 heavy (non-hydrogen) atoms. The lowest BCUT2D eigenvalue weighted by Crippen LogP contribution is -2.31. The van der Waals surface area contributed by atoms with E-state index in [1.54, 1.807) is 11.6 Å². The number of nitrogens with zero attached hydrogens (tertiary/aromatic N) is 5. The summed E-state index contributed by atoms with van der Waals surface area (Å²) in [6.45, 7) is 4.07. The molecular weight excluding hydrogens is 378 g/mol. The number of hydrogen-bond donors (Lipinski definition) is 0. The van der Waals surface area contributed by atoms with Gasteiger partial charge in [0.1, 0.15) is 11.6 Å². The van der Waals surface area contributed by atoms with E-state index in [1.165, 1.54) is 6.42 Å². The van der Waals surface area contributed by atoms with Gasteiger partial charge >= 0.3 is 0 Å². The zero-order chi connectivity index (χ0) is 20.8. The van der Waals surface area contributed by atoms with Gasteiger partial charge in [-0.15, -0.1) is 5.10 Å². The molecule has 0 N–H and O–H groups in total. The summed E-state index contributed by atoms with van der Waals surface area (Å²) in [6, 6.07) is 9.84. The number of benzene rings is 1. The van der Waals surface area contributed by atoms with Crippen LogP contribution in [0.5, 0.6) is 5.75 Å². The predicted molar refractivity (Wildman–Crippen MR) is 116 cm³/mol. The second-order valence-corrected chi connectivity index (χ2v) is 8.18. The molecule has 1 aliphatic carbocycles. The van der Waals surface area contributed by atoms with Gasteiger partial charge in [-0.05, 0) is 43.9 Å². The molecule has 0 amide bonds. The maximum atomic E-state index is 13.8. The van der Waals surface area contributed by atoms with Crippen LogP contribution in [0.3, 0.4) is 0 Å². The van der Waals surface area contributed by atoms with E-state index in [-0.39, 0.29) is 11.6 Å². The SMILES string of the molecule is COc1cccc(-c2c3c(=O)n(C4CCCCC4C)ccc3nc3nc(C)nn23)c1. The summed E-state index contributed by atoms with van der Waals surface area (Å²) in [5.74, 6) is 2.29. The smallest absolute Gasteiger partial charge is 0.262 e. The second kappa shape index (κ2) is 7.23. The van der Waals surface area contributed by atoms with E-state index in [4.69, 9.17) is 4.74 Å². The van der Waals surface area contributed by atoms with Crippen molar-refractivity contribution in [2.75, 3.05) is 7.11 Å². The number of methoxy groups -OCH3 is 1. The molecule has 3 heterocycles. The molecule has 0 bridgehead atoms. The fourth-order valence-corrected chi connectivity index (χ4v) is 4.70. The molecule has 1 saturated carbocycles. The van der Waals surface area contributed by atoms with E-state index in [0.717, 1.165) is 30.6 Å². The highest BCUT2D eigenvalue weighted by atomic mass is 16.5. The molecule has 2 atom stereocenters. The third-order valence-corrected chi connectivity index (χ3v) is 6.23. The maximum absolute atomic E-state index is 13.8. The minimum absolute atomic E-state index is 0.0216. The van der Waals surface area contributed by atoms with Crippen LogP contribution in [0, 0.1) is 12.8 Å². The molecule has 2 unspecified atom stereocenters. The van der Waals surface area contributed by atoms with Gasteiger partial charge < -0.3 is 9.30 Å². The molecule has 7 heteroatoms. The van der Waals surface area contributed by atoms with E-state index >= 15 is 0 Å². The standard InChI is InChI=1S/C23H25N5O2/c1-14-7-4-5-10-19(14)27-12-11-18-20(22(27)29)21(16-8-6-9-17(13-16)30-3)28-23(25-18)24-15(2)26-28/h6,8-9,11-14,19H,4-5,7,10H2,1-3H3. The highest BCUT2D eigenvalue weighted by Gasteiger charge is 2.26. The van der Waals surface area contributed by atoms with Crippen molar-refractivity contribution < 1.29 is 4.74 Å². The van der Waals surface area contributed by atoms with Gasteiger partial charge in [-0.25, -0.2) is 4.98 Å². The summed E-state index contributed by atoms with van der Waals surface area (Å²) in [6.07, 6.45) is 6.47. The highest BCUT2D eigenvalue weighted by Crippen LogP contribution is 2.34. The maximum Gasteiger partial charge on any atom is 0.262 e. The second-order valence-electron chi connectivity index (χ2n) is 8.18. The lowest BCUT2D eigenvalue weighted by molar-refractivity contribution is 0.253. The largest absolute Gasteiger partial charge is 0.497 e. The minimum Gasteiger partial charge on any atom is -0.497 e. The number of aromatic nitrogens is 5. The van der Waals surface area contributed by atoms with Crippen LogP contribution in [-0.4, -0.2) is 31.3 Å². The Labute approximate surface area is 174 Å². The summed E-state index contributed by atoms with van der Waals surface area (Å²) in [5.41, 5.74) is 2.17. The van der Waals surface area contributed by atoms with Crippen molar-refractivity contribution in [3.63, 3.8) is 0 Å². The van der Waals surface area contributed by atoms with Gasteiger partial charge in [-0.3, -0.25) is 4.79 Å². The first-order valence-electron chi connectivity index (χ1n) is 10.5. The van der Waals surface area contributed by atoms with Crippen LogP contribution in [0.1, 0.15) is 44.5 Å². The predicted octanol–water partition coefficient (Wildman–Crippen LogP) is 4.17. The highest BCUT2D eigenvalue weighted by molar-refractivity contribution is 5.93. The number of hydrogen-bond acceptors (Lipinski definition) is 5. The van der Waals surface area contributed by atoms with Crippen LogP contribution in [0.15, 0.2) is 41.3 Å². The van der Waals surface area contributed by atoms with Crippen LogP contribution in [0.4, 0.5) is 0 Å². The van der Waals surface area contributed by atoms with Crippen LogP contribution >= 0.6 is 0 Å². The summed E-state index contributed by atoms with van der Waals surface area (Å²) in [5, 5.41) is 5.12. The molecule has 7 nitrogen and oxygen atoms in total. The number of fused-ring (bicyclic) bond motifs is 2. The monoisotopic (exact) mass is 403 g/mol. The van der Waals surface area contributed by atoms with Gasteiger partial charge in [0.25, 0.3) is 11.3 Å². The Morgan fingerprint density at radius 2 is 1.97 bits per heavy atom. The minimum atomic E-state index is -0.0216. The fraction of sp³-hybridized carbons (Fsp3) is 0.391. The van der Waals surface area contributed by atoms with Gasteiger partial charge in [-0.1, -0.05) is 31.9 Å². The summed E-state index contributed by atoms with van der Waals surface area (Å²) in [7, 11) is 1.64. The fourth-order valence-electron chi connectivity index (χ4n) is 4.70. The molecule has 5 rings (SSSR count). The third kappa shape index (κ3) is 2.96. The average Bonchev–Trinajstić information content (AvgIpc) is 3.13. The van der Waals surface area contributed by atoms with Crippen molar-refractivity contribution >= 4 is 16.7 Å². The van der Waals surface area contributed by atoms with Crippen molar-refractivity contribution in [1.29, 1.82) is 0 Å². The molecule has 4 aromatic rings. The Morgan fingerprint density at radius 3 is 2.77 bits per heavy atom. The first kappa shape index (κ1) is 18.8. The molecule has 1 aromatic carbocycles. The summed E-state index contributed by atoms with van der Waals surface area (Å²) >= 11 is 0. The Balaban J connectivity index is 1.85. The zero-order valence-electron chi connectivity index (χ0n) is 17.5. The van der Waals surface area contributed by atoms with E-state index in [2.05, 4.69) is 22.0 Å². The number of aryl methyl sites for hydroxylation is 1. The van der Waals surface area contributed by atoms with Crippen molar-refractivity contribution in [3.05, 3.63) is 52.7 Å². The van der Waals surface area contributed by atoms with E-state index in [1.807, 2.05) is 48.0 Å². The third-order valence-electron chi connectivity index (χ3n) is 6.23. The molecular formula is C23H25N5O2. The van der Waals surface area contributed by atoms with Crippen molar-refractivity contribution in [1.82, 2.24) is 24.1 Å². The molecule has 0 spiro atoms. The molecule has 1 aliphatic rings.